The molecule has 0 aliphatic heterocycles. The third kappa shape index (κ3) is 35.1. The number of ether oxygens (including phenoxy) is 11. The molecule has 9 N–H and O–H groups in total. The van der Waals surface area contributed by atoms with E-state index in [0.717, 1.165) is 0 Å². The summed E-state index contributed by atoms with van der Waals surface area (Å²) < 4.78 is 59.4. The lowest BCUT2D eigenvalue weighted by atomic mass is 10.2. The number of rotatable bonds is 42. The second kappa shape index (κ2) is 45.1. The molecule has 0 radical (unpaired) electrons. The predicted molar refractivity (Wildman–Crippen MR) is 259 cm³/mol. The van der Waals surface area contributed by atoms with E-state index >= 15 is 0 Å². The molecule has 1 aromatic carbocycles. The van der Waals surface area contributed by atoms with Crippen LogP contribution < -0.4 is 33.0 Å². The van der Waals surface area contributed by atoms with Crippen LogP contribution in [0.2, 0.25) is 0 Å². The summed E-state index contributed by atoms with van der Waals surface area (Å²) in [4.78, 5) is 59.7. The maximum absolute atomic E-state index is 11.8. The Kier molecular flexibility index (Phi) is 40.6. The largest absolute Gasteiger partial charge is 0.480 e. The first-order valence-electron chi connectivity index (χ1n) is 23.4. The quantitative estimate of drug-likeness (QED) is 0.0378. The maximum atomic E-state index is 11.8. The molecule has 2 amide bonds. The van der Waals surface area contributed by atoms with E-state index in [1.54, 1.807) is 24.3 Å². The zero-order chi connectivity index (χ0) is 51.1. The number of fused-ring (bicyclic) bond motifs is 1. The summed E-state index contributed by atoms with van der Waals surface area (Å²) in [6.45, 7) is 18.0. The lowest BCUT2D eigenvalue weighted by Crippen LogP contribution is -2.29. The molecule has 3 rings (SSSR count). The van der Waals surface area contributed by atoms with Crippen LogP contribution in [0.15, 0.2) is 35.3 Å². The van der Waals surface area contributed by atoms with Crippen LogP contribution in [0.3, 0.4) is 0 Å². The van der Waals surface area contributed by atoms with Gasteiger partial charge in [-0.3, -0.25) is 24.2 Å². The fraction of sp³-hybridized carbons (Fsp3) is 0.667. The van der Waals surface area contributed by atoms with Crippen molar-refractivity contribution in [3.63, 3.8) is 0 Å². The summed E-state index contributed by atoms with van der Waals surface area (Å²) in [5.41, 5.74) is 12.1. The molecule has 3 aromatic rings. The van der Waals surface area contributed by atoms with Crippen LogP contribution in [0, 0.1) is 0 Å². The number of carboxylic acids is 1. The average Bonchev–Trinajstić information content (AvgIpc) is 3.37. The minimum atomic E-state index is -1.12. The number of benzene rings is 1. The van der Waals surface area contributed by atoms with E-state index < -0.39 is 24.0 Å². The summed E-state index contributed by atoms with van der Waals surface area (Å²) in [7, 11) is 0. The van der Waals surface area contributed by atoms with Crippen molar-refractivity contribution in [3.05, 3.63) is 52.1 Å². The van der Waals surface area contributed by atoms with E-state index in [1.165, 1.54) is 6.20 Å². The van der Waals surface area contributed by atoms with Gasteiger partial charge < -0.3 is 84.6 Å². The molecule has 0 spiro atoms. The Labute approximate surface area is 409 Å². The highest BCUT2D eigenvalue weighted by Gasteiger charge is 2.09. The van der Waals surface area contributed by atoms with Crippen molar-refractivity contribution in [3.8, 4) is 0 Å². The van der Waals surface area contributed by atoms with Gasteiger partial charge in [-0.25, -0.2) is 9.97 Å². The van der Waals surface area contributed by atoms with Crippen LogP contribution in [-0.4, -0.2) is 208 Å². The number of hydrogen-bond donors (Lipinski definition) is 7. The molecule has 70 heavy (non-hydrogen) atoms. The summed E-state index contributed by atoms with van der Waals surface area (Å²) in [5, 5.41) is 16.7. The molecule has 0 saturated heterocycles. The number of carboxylic acid groups (broad SMARTS) is 1. The van der Waals surface area contributed by atoms with Gasteiger partial charge in [-0.2, -0.15) is 4.98 Å². The Balaban J connectivity index is 0.000000724. The Morgan fingerprint density at radius 2 is 1.03 bits per heavy atom. The molecular weight excluding hydrogens is 923 g/mol. The highest BCUT2D eigenvalue weighted by molar-refractivity contribution is 5.96. The Morgan fingerprint density at radius 3 is 1.43 bits per heavy atom. The normalized spacial score (nSPS) is 10.8. The van der Waals surface area contributed by atoms with E-state index in [-0.39, 0.29) is 29.6 Å². The van der Waals surface area contributed by atoms with Gasteiger partial charge >= 0.3 is 5.97 Å². The van der Waals surface area contributed by atoms with E-state index in [9.17, 15) is 19.2 Å². The first-order valence-corrected chi connectivity index (χ1v) is 23.4. The fourth-order valence-electron chi connectivity index (χ4n) is 5.02. The molecule has 25 heteroatoms. The fourth-order valence-corrected chi connectivity index (χ4v) is 5.02. The van der Waals surface area contributed by atoms with E-state index in [2.05, 4.69) is 35.9 Å². The number of nitrogens with zero attached hydrogens (tertiary/aromatic N) is 3. The maximum Gasteiger partial charge on any atom is 0.322 e. The highest BCUT2D eigenvalue weighted by Crippen LogP contribution is 2.11. The van der Waals surface area contributed by atoms with Gasteiger partial charge in [0.25, 0.3) is 11.5 Å². The minimum absolute atomic E-state index is 0.0268. The van der Waals surface area contributed by atoms with Gasteiger partial charge in [-0.15, -0.1) is 0 Å². The van der Waals surface area contributed by atoms with Gasteiger partial charge in [0.05, 0.1) is 164 Å². The van der Waals surface area contributed by atoms with Gasteiger partial charge in [0.2, 0.25) is 11.9 Å². The van der Waals surface area contributed by atoms with Crippen molar-refractivity contribution in [1.29, 1.82) is 0 Å². The Bertz CT molecular complexity index is 1820. The van der Waals surface area contributed by atoms with Crippen LogP contribution in [-0.2, 0) is 68.2 Å². The monoisotopic (exact) mass is 1000 g/mol. The number of carbonyl (C=O) groups is 3. The van der Waals surface area contributed by atoms with E-state index in [1.807, 2.05) is 20.8 Å². The number of anilines is 2. The number of aliphatic carboxylic acids is 1. The first kappa shape index (κ1) is 63.0. The van der Waals surface area contributed by atoms with Crippen LogP contribution in [0.25, 0.3) is 11.2 Å². The first-order chi connectivity index (χ1) is 34.2. The second-order valence-corrected chi connectivity index (χ2v) is 13.7. The smallest absolute Gasteiger partial charge is 0.322 e. The van der Waals surface area contributed by atoms with Gasteiger partial charge in [0.15, 0.2) is 11.2 Å². The molecule has 0 fully saturated rings. The average molecular weight is 1000 g/mol. The molecule has 0 unspecified atom stereocenters. The minimum Gasteiger partial charge on any atom is -0.480 e. The van der Waals surface area contributed by atoms with Crippen molar-refractivity contribution in [1.82, 2.24) is 30.6 Å². The molecular formula is C45H77N9O16. The Morgan fingerprint density at radius 1 is 0.614 bits per heavy atom. The lowest BCUT2D eigenvalue weighted by molar-refractivity contribution is -0.135. The molecule has 2 heterocycles. The van der Waals surface area contributed by atoms with Crippen LogP contribution in [0.1, 0.15) is 43.2 Å². The Hall–Kier alpha value is -5.03. The summed E-state index contributed by atoms with van der Waals surface area (Å²) in [6.07, 6.45) is 1.96. The number of carbonyl (C=O) groups excluding carboxylic acids is 2. The van der Waals surface area contributed by atoms with Gasteiger partial charge in [-0.1, -0.05) is 20.8 Å². The molecule has 25 nitrogen and oxygen atoms in total. The standard InChI is InChI=1S/C27H56N2O12.C16H15N7O4.C2H6/c1-2-27(30)29-4-6-32-8-10-34-12-14-36-16-18-38-20-22-40-24-26-41-25-23-39-21-19-37-17-15-35-13-11-33-9-7-31-5-3-28;17-16-22-13-12(15(27)23-16)21-10(6-19-13)5-18-9-3-1-8(2-4-9)14(26)20-7-11(24)25;1-2/h2-26,28H2,1H3,(H,29,30);1-4,6,18H,5,7H2,(H,20,26)(H,24,25)(H3,17,19,22,23,27);1-2H3. The number of amides is 2. The van der Waals surface area contributed by atoms with Crippen LogP contribution >= 0.6 is 0 Å². The third-order valence-corrected chi connectivity index (χ3v) is 8.38. The zero-order valence-corrected chi connectivity index (χ0v) is 41.0. The van der Waals surface area contributed by atoms with Gasteiger partial charge in [-0.05, 0) is 24.3 Å². The van der Waals surface area contributed by atoms with E-state index in [4.69, 9.17) is 68.7 Å². The van der Waals surface area contributed by atoms with Gasteiger partial charge in [0.1, 0.15) is 6.54 Å². The lowest BCUT2D eigenvalue weighted by Gasteiger charge is -2.09. The van der Waals surface area contributed by atoms with Gasteiger partial charge in [0, 0.05) is 30.8 Å². The SMILES string of the molecule is CC.CCC(=O)NCCOCCOCCOCCOCCOCCOCCOCCOCCOCCOCCOCCN.Nc1nc2ncc(CNc3ccc(C(=O)NCC(=O)O)cc3)nc2c(=O)[nH]1. The predicted octanol–water partition coefficient (Wildman–Crippen LogP) is 0.402. The van der Waals surface area contributed by atoms with Crippen molar-refractivity contribution >= 4 is 40.6 Å². The number of hydrogen-bond acceptors (Lipinski definition) is 21. The van der Waals surface area contributed by atoms with Crippen molar-refractivity contribution < 1.29 is 71.6 Å². The molecule has 2 aromatic heterocycles. The third-order valence-electron chi connectivity index (χ3n) is 8.38. The molecule has 0 saturated carbocycles. The molecule has 0 atom stereocenters. The number of aromatic nitrogens is 4. The number of nitrogen functional groups attached to an aromatic ring is 1. The summed E-state index contributed by atoms with van der Waals surface area (Å²) in [5.74, 6) is -1.59. The van der Waals surface area contributed by atoms with Crippen LogP contribution in [0.4, 0.5) is 11.6 Å². The van der Waals surface area contributed by atoms with Crippen LogP contribution in [0.5, 0.6) is 0 Å². The molecule has 0 bridgehead atoms. The topological polar surface area (TPSA) is 333 Å². The summed E-state index contributed by atoms with van der Waals surface area (Å²) in [6, 6.07) is 6.45. The number of H-pyrrole nitrogens is 1. The summed E-state index contributed by atoms with van der Waals surface area (Å²) >= 11 is 0. The zero-order valence-electron chi connectivity index (χ0n) is 41.0. The van der Waals surface area contributed by atoms with Crippen molar-refractivity contribution in [2.24, 2.45) is 5.73 Å². The molecule has 398 valence electrons. The van der Waals surface area contributed by atoms with Crippen molar-refractivity contribution in [2.45, 2.75) is 33.7 Å². The molecule has 0 aliphatic carbocycles. The molecule has 0 aliphatic rings. The second-order valence-electron chi connectivity index (χ2n) is 13.7. The van der Waals surface area contributed by atoms with E-state index in [0.29, 0.717) is 182 Å². The number of aromatic amines is 1. The van der Waals surface area contributed by atoms with Crippen molar-refractivity contribution in [2.75, 3.05) is 176 Å². The number of nitrogens with one attached hydrogen (secondary N) is 4. The number of nitrogens with two attached hydrogens (primary N) is 2. The highest BCUT2D eigenvalue weighted by atomic mass is 16.6.